The van der Waals surface area contributed by atoms with Crippen LogP contribution in [-0.4, -0.2) is 23.8 Å². The highest BCUT2D eigenvalue weighted by molar-refractivity contribution is 7.80. The number of methoxy groups -OCH3 is 1. The van der Waals surface area contributed by atoms with Crippen molar-refractivity contribution in [1.82, 2.24) is 10.3 Å². The maximum absolute atomic E-state index is 5.08. The Morgan fingerprint density at radius 1 is 1.53 bits per heavy atom. The Hall–Kier alpha value is -1.36. The van der Waals surface area contributed by atoms with Gasteiger partial charge in [0.15, 0.2) is 5.11 Å². The molecule has 1 aromatic heterocycles. The van der Waals surface area contributed by atoms with Gasteiger partial charge in [-0.2, -0.15) is 0 Å². The smallest absolute Gasteiger partial charge is 0.213 e. The first-order valence-electron chi connectivity index (χ1n) is 4.81. The van der Waals surface area contributed by atoms with E-state index in [1.165, 1.54) is 0 Å². The second-order valence-electron chi connectivity index (χ2n) is 2.97. The average Bonchev–Trinajstić information content (AvgIpc) is 2.27. The Balaban J connectivity index is 2.46. The Labute approximate surface area is 95.0 Å². The predicted molar refractivity (Wildman–Crippen MR) is 65.3 cm³/mol. The van der Waals surface area contributed by atoms with E-state index in [0.29, 0.717) is 11.0 Å². The van der Waals surface area contributed by atoms with Crippen molar-refractivity contribution < 1.29 is 4.74 Å². The quantitative estimate of drug-likeness (QED) is 0.765. The van der Waals surface area contributed by atoms with Crippen LogP contribution in [0.3, 0.4) is 0 Å². The minimum atomic E-state index is 0.591. The molecular weight excluding hydrogens is 210 g/mol. The van der Waals surface area contributed by atoms with Crippen molar-refractivity contribution in [3.05, 3.63) is 18.3 Å². The summed E-state index contributed by atoms with van der Waals surface area (Å²) in [6, 6.07) is 3.65. The van der Waals surface area contributed by atoms with Gasteiger partial charge in [0.25, 0.3) is 0 Å². The Bertz CT molecular complexity index is 313. The molecule has 0 aromatic carbocycles. The van der Waals surface area contributed by atoms with Gasteiger partial charge in [-0.1, -0.05) is 6.92 Å². The molecule has 0 fully saturated rings. The van der Waals surface area contributed by atoms with Crippen molar-refractivity contribution in [2.24, 2.45) is 0 Å². The van der Waals surface area contributed by atoms with E-state index in [4.69, 9.17) is 17.0 Å². The SMILES string of the molecule is CCCNC(=S)Nc1ccc(OC)nc1. The zero-order valence-electron chi connectivity index (χ0n) is 8.91. The third kappa shape index (κ3) is 4.12. The van der Waals surface area contributed by atoms with E-state index < -0.39 is 0 Å². The summed E-state index contributed by atoms with van der Waals surface area (Å²) >= 11 is 5.08. The summed E-state index contributed by atoms with van der Waals surface area (Å²) in [5.41, 5.74) is 0.851. The number of nitrogens with zero attached hydrogens (tertiary/aromatic N) is 1. The zero-order chi connectivity index (χ0) is 11.1. The van der Waals surface area contributed by atoms with E-state index in [1.54, 1.807) is 19.4 Å². The van der Waals surface area contributed by atoms with Crippen molar-refractivity contribution in [1.29, 1.82) is 0 Å². The van der Waals surface area contributed by atoms with Crippen LogP contribution in [0.4, 0.5) is 5.69 Å². The molecule has 4 nitrogen and oxygen atoms in total. The van der Waals surface area contributed by atoms with Crippen LogP contribution >= 0.6 is 12.2 Å². The molecule has 15 heavy (non-hydrogen) atoms. The summed E-state index contributed by atoms with van der Waals surface area (Å²) in [6.07, 6.45) is 2.72. The number of rotatable bonds is 4. The molecule has 0 unspecified atom stereocenters. The molecule has 0 saturated carbocycles. The van der Waals surface area contributed by atoms with Gasteiger partial charge in [-0.05, 0) is 24.7 Å². The molecule has 0 spiro atoms. The van der Waals surface area contributed by atoms with Crippen LogP contribution in [0.1, 0.15) is 13.3 Å². The lowest BCUT2D eigenvalue weighted by Gasteiger charge is -2.09. The van der Waals surface area contributed by atoms with Crippen molar-refractivity contribution in [2.75, 3.05) is 19.0 Å². The van der Waals surface area contributed by atoms with Gasteiger partial charge in [0.2, 0.25) is 5.88 Å². The van der Waals surface area contributed by atoms with Gasteiger partial charge < -0.3 is 15.4 Å². The summed E-state index contributed by atoms with van der Waals surface area (Å²) in [5, 5.41) is 6.72. The number of hydrogen-bond donors (Lipinski definition) is 2. The minimum absolute atomic E-state index is 0.591. The average molecular weight is 225 g/mol. The van der Waals surface area contributed by atoms with Gasteiger partial charge in [-0.15, -0.1) is 0 Å². The van der Waals surface area contributed by atoms with Crippen molar-refractivity contribution in [3.63, 3.8) is 0 Å². The normalized spacial score (nSPS) is 9.47. The maximum Gasteiger partial charge on any atom is 0.213 e. The molecule has 0 bridgehead atoms. The van der Waals surface area contributed by atoms with E-state index in [0.717, 1.165) is 18.7 Å². The van der Waals surface area contributed by atoms with Gasteiger partial charge >= 0.3 is 0 Å². The third-order valence-electron chi connectivity index (χ3n) is 1.74. The molecule has 1 heterocycles. The third-order valence-corrected chi connectivity index (χ3v) is 1.99. The second-order valence-corrected chi connectivity index (χ2v) is 3.38. The van der Waals surface area contributed by atoms with Crippen LogP contribution in [0.5, 0.6) is 5.88 Å². The standard InChI is InChI=1S/C10H15N3OS/c1-3-6-11-10(15)13-8-4-5-9(14-2)12-7-8/h4-5,7H,3,6H2,1-2H3,(H2,11,13,15). The molecule has 1 aromatic rings. The monoisotopic (exact) mass is 225 g/mol. The first kappa shape index (κ1) is 11.7. The molecule has 0 radical (unpaired) electrons. The fourth-order valence-electron chi connectivity index (χ4n) is 0.989. The van der Waals surface area contributed by atoms with Gasteiger partial charge in [-0.25, -0.2) is 4.98 Å². The van der Waals surface area contributed by atoms with Gasteiger partial charge in [0.1, 0.15) is 0 Å². The van der Waals surface area contributed by atoms with Crippen LogP contribution in [-0.2, 0) is 0 Å². The van der Waals surface area contributed by atoms with Crippen molar-refractivity contribution in [2.45, 2.75) is 13.3 Å². The van der Waals surface area contributed by atoms with Crippen LogP contribution < -0.4 is 15.4 Å². The summed E-state index contributed by atoms with van der Waals surface area (Å²) in [5.74, 6) is 0.591. The number of anilines is 1. The molecule has 2 N–H and O–H groups in total. The van der Waals surface area contributed by atoms with Gasteiger partial charge in [0.05, 0.1) is 19.0 Å². The van der Waals surface area contributed by atoms with E-state index in [-0.39, 0.29) is 0 Å². The lowest BCUT2D eigenvalue weighted by Crippen LogP contribution is -2.28. The van der Waals surface area contributed by atoms with Crippen molar-refractivity contribution >= 4 is 23.0 Å². The Morgan fingerprint density at radius 3 is 2.87 bits per heavy atom. The Kier molecular flexibility index (Phi) is 4.83. The minimum Gasteiger partial charge on any atom is -0.481 e. The molecule has 5 heteroatoms. The number of aromatic nitrogens is 1. The Morgan fingerprint density at radius 2 is 2.33 bits per heavy atom. The molecule has 0 aliphatic rings. The molecule has 1 rings (SSSR count). The number of nitrogens with one attached hydrogen (secondary N) is 2. The fraction of sp³-hybridized carbons (Fsp3) is 0.400. The fourth-order valence-corrected chi connectivity index (χ4v) is 1.21. The van der Waals surface area contributed by atoms with Crippen LogP contribution in [0.2, 0.25) is 0 Å². The molecule has 0 saturated heterocycles. The second kappa shape index (κ2) is 6.19. The molecule has 82 valence electrons. The maximum atomic E-state index is 5.08. The first-order chi connectivity index (χ1) is 7.26. The van der Waals surface area contributed by atoms with E-state index in [9.17, 15) is 0 Å². The van der Waals surface area contributed by atoms with Crippen LogP contribution in [0, 0.1) is 0 Å². The van der Waals surface area contributed by atoms with Crippen molar-refractivity contribution in [3.8, 4) is 5.88 Å². The lowest BCUT2D eigenvalue weighted by atomic mass is 10.4. The molecule has 0 atom stereocenters. The summed E-state index contributed by atoms with van der Waals surface area (Å²) in [4.78, 5) is 4.06. The zero-order valence-corrected chi connectivity index (χ0v) is 9.73. The molecule has 0 aliphatic heterocycles. The van der Waals surface area contributed by atoms with Crippen LogP contribution in [0.25, 0.3) is 0 Å². The molecule has 0 amide bonds. The number of ether oxygens (including phenoxy) is 1. The highest BCUT2D eigenvalue weighted by Gasteiger charge is 1.97. The van der Waals surface area contributed by atoms with Crippen LogP contribution in [0.15, 0.2) is 18.3 Å². The summed E-state index contributed by atoms with van der Waals surface area (Å²) in [6.45, 7) is 2.96. The van der Waals surface area contributed by atoms with E-state index >= 15 is 0 Å². The van der Waals surface area contributed by atoms with E-state index in [2.05, 4.69) is 22.5 Å². The molecular formula is C10H15N3OS. The summed E-state index contributed by atoms with van der Waals surface area (Å²) in [7, 11) is 1.59. The number of pyridine rings is 1. The van der Waals surface area contributed by atoms with Gasteiger partial charge in [-0.3, -0.25) is 0 Å². The largest absolute Gasteiger partial charge is 0.481 e. The first-order valence-corrected chi connectivity index (χ1v) is 5.22. The number of thiocarbonyl (C=S) groups is 1. The van der Waals surface area contributed by atoms with Gasteiger partial charge in [0, 0.05) is 12.6 Å². The highest BCUT2D eigenvalue weighted by Crippen LogP contribution is 2.10. The molecule has 0 aliphatic carbocycles. The highest BCUT2D eigenvalue weighted by atomic mass is 32.1. The predicted octanol–water partition coefficient (Wildman–Crippen LogP) is 1.79. The lowest BCUT2D eigenvalue weighted by molar-refractivity contribution is 0.398. The number of hydrogen-bond acceptors (Lipinski definition) is 3. The van der Waals surface area contributed by atoms with E-state index in [1.807, 2.05) is 6.07 Å². The topological polar surface area (TPSA) is 46.2 Å². The summed E-state index contributed by atoms with van der Waals surface area (Å²) < 4.78 is 4.95.